The molecule has 0 spiro atoms. The maximum atomic E-state index is 12.6. The molecule has 1 amide bonds. The van der Waals surface area contributed by atoms with Crippen molar-refractivity contribution >= 4 is 47.5 Å². The van der Waals surface area contributed by atoms with Gasteiger partial charge in [-0.2, -0.15) is 0 Å². The fourth-order valence-electron chi connectivity index (χ4n) is 2.70. The Morgan fingerprint density at radius 2 is 1.80 bits per heavy atom. The van der Waals surface area contributed by atoms with E-state index in [4.69, 9.17) is 5.73 Å². The third kappa shape index (κ3) is 5.17. The van der Waals surface area contributed by atoms with Gasteiger partial charge in [0.25, 0.3) is 0 Å². The summed E-state index contributed by atoms with van der Waals surface area (Å²) in [4.78, 5) is 12.6. The van der Waals surface area contributed by atoms with Gasteiger partial charge in [0.2, 0.25) is 5.91 Å². The van der Waals surface area contributed by atoms with Crippen molar-refractivity contribution in [1.29, 1.82) is 0 Å². The van der Waals surface area contributed by atoms with E-state index in [9.17, 15) is 4.79 Å². The Hall–Kier alpha value is -1.14. The lowest BCUT2D eigenvalue weighted by Crippen LogP contribution is -2.30. The smallest absolute Gasteiger partial charge is 0.229 e. The number of halogens is 1. The van der Waals surface area contributed by atoms with Crippen LogP contribution in [0.1, 0.15) is 28.7 Å². The molecule has 2 aromatic rings. The van der Waals surface area contributed by atoms with Gasteiger partial charge in [0.1, 0.15) is 0 Å². The quantitative estimate of drug-likeness (QED) is 0.760. The van der Waals surface area contributed by atoms with Crippen LogP contribution in [0.4, 0.5) is 5.69 Å². The molecule has 3 nitrogen and oxygen atoms in total. The highest BCUT2D eigenvalue weighted by Crippen LogP contribution is 2.45. The molecule has 0 aliphatic carbocycles. The van der Waals surface area contributed by atoms with Gasteiger partial charge in [0.15, 0.2) is 0 Å². The lowest BCUT2D eigenvalue weighted by atomic mass is 9.94. The predicted octanol–water partition coefficient (Wildman–Crippen LogP) is 4.86. The number of nitrogens with two attached hydrogens (primary N) is 1. The highest BCUT2D eigenvalue weighted by atomic mass is 35.5. The van der Waals surface area contributed by atoms with E-state index in [-0.39, 0.29) is 30.3 Å². The van der Waals surface area contributed by atoms with Crippen molar-refractivity contribution in [3.05, 3.63) is 65.7 Å². The SMILES string of the molecule is CC(C(=O)Nc1cccc(C2SCCS2)c1)C(N)c1ccccc1.Cl. The zero-order valence-electron chi connectivity index (χ0n) is 14.1. The van der Waals surface area contributed by atoms with Gasteiger partial charge in [-0.15, -0.1) is 35.9 Å². The van der Waals surface area contributed by atoms with E-state index < -0.39 is 0 Å². The second-order valence-electron chi connectivity index (χ2n) is 5.91. The Labute approximate surface area is 163 Å². The normalized spacial score (nSPS) is 16.7. The molecule has 1 fully saturated rings. The largest absolute Gasteiger partial charge is 0.326 e. The van der Waals surface area contributed by atoms with Gasteiger partial charge in [0.05, 0.1) is 10.5 Å². The Morgan fingerprint density at radius 3 is 2.48 bits per heavy atom. The molecule has 2 unspecified atom stereocenters. The summed E-state index contributed by atoms with van der Waals surface area (Å²) in [5.74, 6) is 2.03. The molecule has 3 rings (SSSR count). The minimum absolute atomic E-state index is 0. The Kier molecular flexibility index (Phi) is 7.69. The molecule has 3 N–H and O–H groups in total. The molecule has 2 aromatic carbocycles. The van der Waals surface area contributed by atoms with E-state index in [1.165, 1.54) is 17.1 Å². The van der Waals surface area contributed by atoms with Crippen LogP contribution in [0.25, 0.3) is 0 Å². The summed E-state index contributed by atoms with van der Waals surface area (Å²) >= 11 is 3.92. The van der Waals surface area contributed by atoms with Crippen molar-refractivity contribution in [2.24, 2.45) is 11.7 Å². The number of amides is 1. The van der Waals surface area contributed by atoms with Crippen LogP contribution in [0.2, 0.25) is 0 Å². The summed E-state index contributed by atoms with van der Waals surface area (Å²) in [5.41, 5.74) is 9.34. The second-order valence-corrected chi connectivity index (χ2v) is 8.64. The van der Waals surface area contributed by atoms with Crippen LogP contribution < -0.4 is 11.1 Å². The number of anilines is 1. The molecule has 2 atom stereocenters. The van der Waals surface area contributed by atoms with Crippen molar-refractivity contribution in [2.45, 2.75) is 17.5 Å². The van der Waals surface area contributed by atoms with E-state index in [1.807, 2.05) is 72.9 Å². The van der Waals surface area contributed by atoms with E-state index in [1.54, 1.807) is 0 Å². The first kappa shape index (κ1) is 20.2. The zero-order valence-corrected chi connectivity index (χ0v) is 16.5. The molecule has 0 saturated carbocycles. The highest BCUT2D eigenvalue weighted by molar-refractivity contribution is 8.19. The lowest BCUT2D eigenvalue weighted by molar-refractivity contribution is -0.120. The van der Waals surface area contributed by atoms with Crippen molar-refractivity contribution in [3.63, 3.8) is 0 Å². The minimum atomic E-state index is -0.310. The van der Waals surface area contributed by atoms with Crippen LogP contribution in [0.15, 0.2) is 54.6 Å². The first-order chi connectivity index (χ1) is 11.6. The molecule has 0 bridgehead atoms. The summed E-state index contributed by atoms with van der Waals surface area (Å²) in [6.07, 6.45) is 0. The average Bonchev–Trinajstić information content (AvgIpc) is 3.16. The molecule has 0 aromatic heterocycles. The third-order valence-electron chi connectivity index (χ3n) is 4.18. The summed E-state index contributed by atoms with van der Waals surface area (Å²) < 4.78 is 0.478. The van der Waals surface area contributed by atoms with Gasteiger partial charge in [-0.25, -0.2) is 0 Å². The highest BCUT2D eigenvalue weighted by Gasteiger charge is 2.23. The summed E-state index contributed by atoms with van der Waals surface area (Å²) in [6, 6.07) is 17.6. The lowest BCUT2D eigenvalue weighted by Gasteiger charge is -2.20. The van der Waals surface area contributed by atoms with Crippen LogP contribution in [-0.2, 0) is 4.79 Å². The monoisotopic (exact) mass is 394 g/mol. The molecule has 6 heteroatoms. The standard InChI is InChI=1S/C19H22N2OS2.ClH/c1-13(17(20)14-6-3-2-4-7-14)18(22)21-16-9-5-8-15(12-16)19-23-10-11-24-19;/h2-9,12-13,17,19H,10-11,20H2,1H3,(H,21,22);1H. The molecule has 1 heterocycles. The number of nitrogens with one attached hydrogen (secondary N) is 1. The van der Waals surface area contributed by atoms with E-state index >= 15 is 0 Å². The van der Waals surface area contributed by atoms with Crippen LogP contribution in [0.5, 0.6) is 0 Å². The first-order valence-corrected chi connectivity index (χ1v) is 10.2. The Balaban J connectivity index is 0.00000225. The van der Waals surface area contributed by atoms with Gasteiger partial charge in [-0.05, 0) is 23.3 Å². The molecule has 1 aliphatic rings. The minimum Gasteiger partial charge on any atom is -0.326 e. The van der Waals surface area contributed by atoms with E-state index in [0.717, 1.165) is 11.3 Å². The van der Waals surface area contributed by atoms with E-state index in [2.05, 4.69) is 17.4 Å². The molecule has 25 heavy (non-hydrogen) atoms. The number of rotatable bonds is 5. The first-order valence-electron chi connectivity index (χ1n) is 8.09. The Bertz CT molecular complexity index is 693. The predicted molar refractivity (Wildman–Crippen MR) is 113 cm³/mol. The van der Waals surface area contributed by atoms with Gasteiger partial charge in [-0.3, -0.25) is 4.79 Å². The van der Waals surface area contributed by atoms with Crippen molar-refractivity contribution in [2.75, 3.05) is 16.8 Å². The molecular weight excluding hydrogens is 372 g/mol. The number of carbonyl (C=O) groups excluding carboxylic acids is 1. The van der Waals surface area contributed by atoms with Crippen LogP contribution in [-0.4, -0.2) is 17.4 Å². The maximum Gasteiger partial charge on any atom is 0.229 e. The van der Waals surface area contributed by atoms with Crippen LogP contribution >= 0.6 is 35.9 Å². The second kappa shape index (κ2) is 9.53. The molecule has 1 aliphatic heterocycles. The van der Waals surface area contributed by atoms with Crippen molar-refractivity contribution in [3.8, 4) is 0 Å². The average molecular weight is 395 g/mol. The number of hydrogen-bond acceptors (Lipinski definition) is 4. The zero-order chi connectivity index (χ0) is 16.9. The van der Waals surface area contributed by atoms with Gasteiger partial charge in [-0.1, -0.05) is 49.4 Å². The Morgan fingerprint density at radius 1 is 1.12 bits per heavy atom. The van der Waals surface area contributed by atoms with E-state index in [0.29, 0.717) is 4.58 Å². The van der Waals surface area contributed by atoms with Crippen molar-refractivity contribution < 1.29 is 4.79 Å². The molecule has 1 saturated heterocycles. The summed E-state index contributed by atoms with van der Waals surface area (Å²) in [6.45, 7) is 1.87. The van der Waals surface area contributed by atoms with Crippen LogP contribution in [0, 0.1) is 5.92 Å². The van der Waals surface area contributed by atoms with Crippen LogP contribution in [0.3, 0.4) is 0 Å². The van der Waals surface area contributed by atoms with Gasteiger partial charge < -0.3 is 11.1 Å². The van der Waals surface area contributed by atoms with Crippen molar-refractivity contribution in [1.82, 2.24) is 0 Å². The number of hydrogen-bond donors (Lipinski definition) is 2. The maximum absolute atomic E-state index is 12.6. The fraction of sp³-hybridized carbons (Fsp3) is 0.316. The van der Waals surface area contributed by atoms with Gasteiger partial charge in [0, 0.05) is 23.2 Å². The third-order valence-corrected chi connectivity index (χ3v) is 7.29. The fourth-order valence-corrected chi connectivity index (χ4v) is 5.54. The summed E-state index contributed by atoms with van der Waals surface area (Å²) in [7, 11) is 0. The molecule has 134 valence electrons. The summed E-state index contributed by atoms with van der Waals surface area (Å²) in [5, 5.41) is 3.02. The number of benzene rings is 2. The topological polar surface area (TPSA) is 55.1 Å². The number of thioether (sulfide) groups is 2. The molecular formula is C19H23ClN2OS2. The number of carbonyl (C=O) groups is 1. The van der Waals surface area contributed by atoms with Gasteiger partial charge >= 0.3 is 0 Å². The molecule has 0 radical (unpaired) electrons.